The lowest BCUT2D eigenvalue weighted by Crippen LogP contribution is -2.10. The summed E-state index contributed by atoms with van der Waals surface area (Å²) in [5, 5.41) is 0. The molecule has 0 aromatic heterocycles. The van der Waals surface area contributed by atoms with Crippen molar-refractivity contribution in [1.82, 2.24) is 0 Å². The van der Waals surface area contributed by atoms with Crippen LogP contribution in [0.1, 0.15) is 54.5 Å². The molecule has 0 saturated heterocycles. The van der Waals surface area contributed by atoms with Crippen molar-refractivity contribution in [2.24, 2.45) is 0 Å². The van der Waals surface area contributed by atoms with E-state index in [0.717, 1.165) is 5.75 Å². The minimum Gasteiger partial charge on any atom is -0.125 e. The zero-order valence-electron chi connectivity index (χ0n) is 18.3. The molecule has 0 aliphatic rings. The van der Waals surface area contributed by atoms with Crippen LogP contribution in [0.5, 0.6) is 0 Å². The number of rotatable bonds is 6. The molecule has 3 aromatic rings. The van der Waals surface area contributed by atoms with E-state index in [1.54, 1.807) is 0 Å². The lowest BCUT2D eigenvalue weighted by atomic mass is 9.87. The molecule has 1 heteroatoms. The second-order valence-electron chi connectivity index (χ2n) is 8.87. The third-order valence-electron chi connectivity index (χ3n) is 5.25. The Kier molecular flexibility index (Phi) is 7.03. The summed E-state index contributed by atoms with van der Waals surface area (Å²) in [6.45, 7) is 11.1. The molecule has 0 N–H and O–H groups in total. The lowest BCUT2D eigenvalue weighted by molar-refractivity contribution is 0.590. The van der Waals surface area contributed by atoms with E-state index in [4.69, 9.17) is 0 Å². The van der Waals surface area contributed by atoms with Crippen LogP contribution in [-0.4, -0.2) is 5.75 Å². The van der Waals surface area contributed by atoms with E-state index in [1.165, 1.54) is 32.7 Å². The van der Waals surface area contributed by atoms with Crippen LogP contribution < -0.4 is 0 Å². The van der Waals surface area contributed by atoms with Gasteiger partial charge in [0.15, 0.2) is 0 Å². The minimum atomic E-state index is 0.199. The highest BCUT2D eigenvalue weighted by molar-refractivity contribution is 7.99. The summed E-state index contributed by atoms with van der Waals surface area (Å²) in [5.74, 6) is 1.41. The van der Waals surface area contributed by atoms with Gasteiger partial charge < -0.3 is 0 Å². The van der Waals surface area contributed by atoms with Crippen molar-refractivity contribution in [3.05, 3.63) is 107 Å². The summed E-state index contributed by atoms with van der Waals surface area (Å²) >= 11 is 1.93. The van der Waals surface area contributed by atoms with Gasteiger partial charge in [0.05, 0.1) is 0 Å². The zero-order valence-corrected chi connectivity index (χ0v) is 19.1. The second-order valence-corrected chi connectivity index (χ2v) is 9.97. The molecular weight excluding hydrogens is 368 g/mol. The maximum absolute atomic E-state index is 2.35. The third-order valence-corrected chi connectivity index (χ3v) is 6.39. The van der Waals surface area contributed by atoms with Gasteiger partial charge in [0, 0.05) is 16.6 Å². The Hall–Kier alpha value is -2.25. The van der Waals surface area contributed by atoms with Crippen molar-refractivity contribution in [2.75, 3.05) is 5.75 Å². The van der Waals surface area contributed by atoms with Gasteiger partial charge in [-0.2, -0.15) is 0 Å². The molecule has 3 aromatic carbocycles. The van der Waals surface area contributed by atoms with Crippen LogP contribution in [0, 0.1) is 13.8 Å². The van der Waals surface area contributed by atoms with Crippen molar-refractivity contribution in [1.29, 1.82) is 0 Å². The summed E-state index contributed by atoms with van der Waals surface area (Å²) in [7, 11) is 0. The van der Waals surface area contributed by atoms with Crippen LogP contribution in [0.3, 0.4) is 0 Å². The first-order valence-corrected chi connectivity index (χ1v) is 11.3. The van der Waals surface area contributed by atoms with Gasteiger partial charge in [-0.3, -0.25) is 0 Å². The maximum Gasteiger partial charge on any atom is 0.0115 e. The Morgan fingerprint density at radius 1 is 0.759 bits per heavy atom. The lowest BCUT2D eigenvalue weighted by Gasteiger charge is -2.19. The Bertz CT molecular complexity index is 924. The fourth-order valence-electron chi connectivity index (χ4n) is 3.22. The first-order chi connectivity index (χ1) is 13.8. The number of aryl methyl sites for hydroxylation is 2. The van der Waals surface area contributed by atoms with E-state index in [9.17, 15) is 0 Å². The average Bonchev–Trinajstić information content (AvgIpc) is 2.70. The average molecular weight is 401 g/mol. The second kappa shape index (κ2) is 9.50. The van der Waals surface area contributed by atoms with Crippen LogP contribution in [0.15, 0.2) is 83.8 Å². The molecule has 0 aliphatic carbocycles. The van der Waals surface area contributed by atoms with E-state index in [-0.39, 0.29) is 5.41 Å². The molecule has 3 rings (SSSR count). The van der Waals surface area contributed by atoms with E-state index in [2.05, 4.69) is 120 Å². The monoisotopic (exact) mass is 400 g/mol. The molecule has 0 aliphatic heterocycles. The van der Waals surface area contributed by atoms with E-state index >= 15 is 0 Å². The molecule has 0 fully saturated rings. The van der Waals surface area contributed by atoms with Gasteiger partial charge >= 0.3 is 0 Å². The Balaban J connectivity index is 1.76. The van der Waals surface area contributed by atoms with Crippen LogP contribution in [0.4, 0.5) is 0 Å². The number of allylic oxidation sites excluding steroid dienone is 1. The fourth-order valence-corrected chi connectivity index (χ4v) is 4.22. The van der Waals surface area contributed by atoms with Gasteiger partial charge in [0.1, 0.15) is 0 Å². The predicted octanol–water partition coefficient (Wildman–Crippen LogP) is 8.19. The number of benzene rings is 3. The highest BCUT2D eigenvalue weighted by Crippen LogP contribution is 2.30. The van der Waals surface area contributed by atoms with Crippen molar-refractivity contribution in [2.45, 2.75) is 50.8 Å². The van der Waals surface area contributed by atoms with Gasteiger partial charge in [-0.05, 0) is 48.1 Å². The summed E-state index contributed by atoms with van der Waals surface area (Å²) in [5.41, 5.74) is 6.82. The van der Waals surface area contributed by atoms with Crippen molar-refractivity contribution in [3.63, 3.8) is 0 Å². The molecule has 0 saturated carbocycles. The topological polar surface area (TPSA) is 0 Å². The van der Waals surface area contributed by atoms with E-state index in [1.807, 2.05) is 11.8 Å². The van der Waals surface area contributed by atoms with Crippen molar-refractivity contribution in [3.8, 4) is 0 Å². The molecular formula is C28H32S. The van der Waals surface area contributed by atoms with Crippen molar-refractivity contribution < 1.29 is 0 Å². The molecule has 0 spiro atoms. The number of hydrogen-bond donors (Lipinski definition) is 0. The Labute approximate surface area is 181 Å². The normalized spacial score (nSPS) is 13.0. The van der Waals surface area contributed by atoms with Crippen LogP contribution >= 0.6 is 11.8 Å². The summed E-state index contributed by atoms with van der Waals surface area (Å²) in [4.78, 5) is 1.33. The van der Waals surface area contributed by atoms with Crippen LogP contribution in [-0.2, 0) is 5.41 Å². The molecule has 0 heterocycles. The molecule has 0 amide bonds. The van der Waals surface area contributed by atoms with Gasteiger partial charge in [-0.1, -0.05) is 105 Å². The Morgan fingerprint density at radius 3 is 1.86 bits per heavy atom. The van der Waals surface area contributed by atoms with Crippen LogP contribution in [0.25, 0.3) is 6.08 Å². The molecule has 1 atom stereocenters. The highest BCUT2D eigenvalue weighted by Gasteiger charge is 2.14. The zero-order chi connectivity index (χ0) is 20.9. The summed E-state index contributed by atoms with van der Waals surface area (Å²) < 4.78 is 0. The van der Waals surface area contributed by atoms with Crippen LogP contribution in [0.2, 0.25) is 0 Å². The minimum absolute atomic E-state index is 0.199. The van der Waals surface area contributed by atoms with Gasteiger partial charge in [0.25, 0.3) is 0 Å². The van der Waals surface area contributed by atoms with E-state index < -0.39 is 0 Å². The number of hydrogen-bond acceptors (Lipinski definition) is 1. The predicted molar refractivity (Wildman–Crippen MR) is 130 cm³/mol. The quantitative estimate of drug-likeness (QED) is 0.376. The molecule has 1 unspecified atom stereocenters. The van der Waals surface area contributed by atoms with E-state index in [0.29, 0.717) is 5.92 Å². The molecule has 29 heavy (non-hydrogen) atoms. The molecule has 0 radical (unpaired) electrons. The molecule has 0 bridgehead atoms. The maximum atomic E-state index is 2.35. The summed E-state index contributed by atoms with van der Waals surface area (Å²) in [6, 6.07) is 26.8. The first kappa shape index (κ1) is 21.5. The molecule has 150 valence electrons. The third kappa shape index (κ3) is 6.37. The Morgan fingerprint density at radius 2 is 1.31 bits per heavy atom. The fraction of sp³-hybridized carbons (Fsp3) is 0.286. The highest BCUT2D eigenvalue weighted by atomic mass is 32.2. The summed E-state index contributed by atoms with van der Waals surface area (Å²) in [6.07, 6.45) is 4.61. The SMILES string of the molecule is Cc1ccc(/C=C/C(CSc2ccc(C(C)(C)C)cc2)c2ccc(C)cc2)cc1. The smallest absolute Gasteiger partial charge is 0.0115 e. The van der Waals surface area contributed by atoms with Crippen molar-refractivity contribution >= 4 is 17.8 Å². The molecule has 0 nitrogen and oxygen atoms in total. The largest absolute Gasteiger partial charge is 0.125 e. The number of thioether (sulfide) groups is 1. The van der Waals surface area contributed by atoms with Gasteiger partial charge in [0.2, 0.25) is 0 Å². The standard InChI is InChI=1S/C28H32S/c1-21-6-10-23(11-7-21)12-15-25(24-13-8-22(2)9-14-24)20-29-27-18-16-26(17-19-27)28(3,4)5/h6-19,25H,20H2,1-5H3/b15-12+. The first-order valence-electron chi connectivity index (χ1n) is 10.4. The van der Waals surface area contributed by atoms with Gasteiger partial charge in [-0.15, -0.1) is 11.8 Å². The van der Waals surface area contributed by atoms with Gasteiger partial charge in [-0.25, -0.2) is 0 Å².